The van der Waals surface area contributed by atoms with E-state index < -0.39 is 11.9 Å². The summed E-state index contributed by atoms with van der Waals surface area (Å²) in [5.41, 5.74) is 5.41. The molecule has 1 N–H and O–H groups in total. The van der Waals surface area contributed by atoms with E-state index in [0.29, 0.717) is 47.1 Å². The summed E-state index contributed by atoms with van der Waals surface area (Å²) in [5.74, 6) is -0.396. The number of carbonyl (C=O) groups excluding carboxylic acids is 2. The predicted octanol–water partition coefficient (Wildman–Crippen LogP) is 6.45. The Balaban J connectivity index is 1.56. The molecule has 6 heteroatoms. The monoisotopic (exact) mass is 513 g/mol. The number of Topliss-reactive ketones (excluding diaryl/α,β-unsaturated/α-hetero) is 1. The Bertz CT molecular complexity index is 1390. The van der Waals surface area contributed by atoms with Crippen LogP contribution in [0, 0.1) is 0 Å². The summed E-state index contributed by atoms with van der Waals surface area (Å²) < 4.78 is 11.4. The standard InChI is InChI=1S/C31H28ClNO4/c1-19-28(31(35)36-2)29(24-10-6-7-11-27(24)37-18-20-8-4-3-5-9-20)30-25(33-19)16-22(17-26(30)34)21-12-14-23(32)15-13-21/h3-15,22,29,33H,16-18H2,1-2H3/t22-,29+/m0/s1. The molecule has 5 rings (SSSR count). The fraction of sp³-hybridized carbons (Fsp3) is 0.226. The van der Waals surface area contributed by atoms with Gasteiger partial charge in [0.25, 0.3) is 0 Å². The van der Waals surface area contributed by atoms with Gasteiger partial charge in [0.15, 0.2) is 5.78 Å². The molecular formula is C31H28ClNO4. The molecule has 0 radical (unpaired) electrons. The minimum absolute atomic E-state index is 0.00506. The molecule has 0 saturated heterocycles. The van der Waals surface area contributed by atoms with Gasteiger partial charge in [-0.1, -0.05) is 72.3 Å². The third-order valence-electron chi connectivity index (χ3n) is 7.04. The van der Waals surface area contributed by atoms with Crippen molar-refractivity contribution in [2.45, 2.75) is 38.2 Å². The number of hydrogen-bond donors (Lipinski definition) is 1. The fourth-order valence-electron chi connectivity index (χ4n) is 5.29. The zero-order valence-electron chi connectivity index (χ0n) is 20.8. The Labute approximate surface area is 221 Å². The summed E-state index contributed by atoms with van der Waals surface area (Å²) in [6, 6.07) is 25.1. The third-order valence-corrected chi connectivity index (χ3v) is 7.29. The van der Waals surface area contributed by atoms with Crippen molar-refractivity contribution >= 4 is 23.4 Å². The Hall–Kier alpha value is -3.83. The molecule has 5 nitrogen and oxygen atoms in total. The summed E-state index contributed by atoms with van der Waals surface area (Å²) in [7, 11) is 1.36. The van der Waals surface area contributed by atoms with Crippen molar-refractivity contribution in [2.24, 2.45) is 0 Å². The van der Waals surface area contributed by atoms with Gasteiger partial charge < -0.3 is 14.8 Å². The second-order valence-corrected chi connectivity index (χ2v) is 9.81. The van der Waals surface area contributed by atoms with Crippen LogP contribution in [0.5, 0.6) is 5.75 Å². The Kier molecular flexibility index (Phi) is 7.15. The van der Waals surface area contributed by atoms with Gasteiger partial charge in [-0.25, -0.2) is 4.79 Å². The zero-order valence-corrected chi connectivity index (χ0v) is 21.5. The van der Waals surface area contributed by atoms with Gasteiger partial charge in [-0.05, 0) is 48.6 Å². The molecule has 0 fully saturated rings. The van der Waals surface area contributed by atoms with Crippen LogP contribution in [0.4, 0.5) is 0 Å². The van der Waals surface area contributed by atoms with Crippen LogP contribution in [0.1, 0.15) is 48.3 Å². The highest BCUT2D eigenvalue weighted by molar-refractivity contribution is 6.30. The fourth-order valence-corrected chi connectivity index (χ4v) is 5.41. The van der Waals surface area contributed by atoms with E-state index in [1.54, 1.807) is 0 Å². The average Bonchev–Trinajstić information content (AvgIpc) is 2.92. The van der Waals surface area contributed by atoms with Gasteiger partial charge in [0.2, 0.25) is 0 Å². The lowest BCUT2D eigenvalue weighted by molar-refractivity contribution is -0.136. The van der Waals surface area contributed by atoms with Crippen molar-refractivity contribution in [3.05, 3.63) is 123 Å². The van der Waals surface area contributed by atoms with E-state index in [9.17, 15) is 9.59 Å². The molecule has 0 saturated carbocycles. The molecule has 1 heterocycles. The molecule has 3 aromatic carbocycles. The largest absolute Gasteiger partial charge is 0.489 e. The Morgan fingerprint density at radius 1 is 0.973 bits per heavy atom. The molecule has 0 spiro atoms. The van der Waals surface area contributed by atoms with Gasteiger partial charge in [-0.15, -0.1) is 0 Å². The number of methoxy groups -OCH3 is 1. The predicted molar refractivity (Wildman–Crippen MR) is 143 cm³/mol. The highest BCUT2D eigenvalue weighted by Crippen LogP contribution is 2.47. The zero-order chi connectivity index (χ0) is 25.9. The molecule has 0 unspecified atom stereocenters. The first-order valence-corrected chi connectivity index (χ1v) is 12.7. The van der Waals surface area contributed by atoms with E-state index in [1.165, 1.54) is 7.11 Å². The van der Waals surface area contributed by atoms with Crippen molar-refractivity contribution in [2.75, 3.05) is 7.11 Å². The van der Waals surface area contributed by atoms with E-state index in [4.69, 9.17) is 21.1 Å². The van der Waals surface area contributed by atoms with Crippen molar-refractivity contribution in [3.63, 3.8) is 0 Å². The van der Waals surface area contributed by atoms with E-state index in [0.717, 1.165) is 22.4 Å². The lowest BCUT2D eigenvalue weighted by Crippen LogP contribution is -2.36. The second-order valence-electron chi connectivity index (χ2n) is 9.37. The minimum atomic E-state index is -0.589. The molecule has 1 aliphatic heterocycles. The van der Waals surface area contributed by atoms with E-state index in [-0.39, 0.29) is 11.7 Å². The second kappa shape index (κ2) is 10.7. The number of nitrogens with one attached hydrogen (secondary N) is 1. The first kappa shape index (κ1) is 24.8. The van der Waals surface area contributed by atoms with Crippen LogP contribution >= 0.6 is 11.6 Å². The lowest BCUT2D eigenvalue weighted by Gasteiger charge is -2.37. The summed E-state index contributed by atoms with van der Waals surface area (Å²) >= 11 is 6.08. The topological polar surface area (TPSA) is 64.6 Å². The highest BCUT2D eigenvalue weighted by Gasteiger charge is 2.42. The van der Waals surface area contributed by atoms with E-state index in [1.807, 2.05) is 85.8 Å². The number of ketones is 1. The van der Waals surface area contributed by atoms with Crippen molar-refractivity contribution in [1.82, 2.24) is 5.32 Å². The maximum atomic E-state index is 13.8. The molecule has 3 aromatic rings. The first-order chi connectivity index (χ1) is 18.0. The van der Waals surface area contributed by atoms with Crippen molar-refractivity contribution in [3.8, 4) is 5.75 Å². The van der Waals surface area contributed by atoms with Gasteiger partial charge in [-0.2, -0.15) is 0 Å². The molecule has 37 heavy (non-hydrogen) atoms. The molecule has 188 valence electrons. The Morgan fingerprint density at radius 3 is 2.41 bits per heavy atom. The lowest BCUT2D eigenvalue weighted by atomic mass is 9.71. The maximum absolute atomic E-state index is 13.8. The van der Waals surface area contributed by atoms with Gasteiger partial charge >= 0.3 is 5.97 Å². The van der Waals surface area contributed by atoms with E-state index >= 15 is 0 Å². The molecule has 2 atom stereocenters. The van der Waals surface area contributed by atoms with Crippen molar-refractivity contribution < 1.29 is 19.1 Å². The number of allylic oxidation sites excluding steroid dienone is 3. The molecule has 2 aliphatic rings. The number of para-hydroxylation sites is 1. The Morgan fingerprint density at radius 2 is 1.68 bits per heavy atom. The van der Waals surface area contributed by atoms with E-state index in [2.05, 4.69) is 5.32 Å². The van der Waals surface area contributed by atoms with Crippen LogP contribution in [0.15, 0.2) is 101 Å². The molecule has 1 aliphatic carbocycles. The number of halogens is 1. The van der Waals surface area contributed by atoms with Gasteiger partial charge in [-0.3, -0.25) is 4.79 Å². The van der Waals surface area contributed by atoms with Crippen molar-refractivity contribution in [1.29, 1.82) is 0 Å². The maximum Gasteiger partial charge on any atom is 0.336 e. The number of esters is 1. The molecule has 0 aromatic heterocycles. The van der Waals surface area contributed by atoms with Gasteiger partial charge in [0, 0.05) is 34.0 Å². The molecular weight excluding hydrogens is 486 g/mol. The number of rotatable bonds is 6. The summed E-state index contributed by atoms with van der Waals surface area (Å²) in [4.78, 5) is 26.8. The van der Waals surface area contributed by atoms with Crippen LogP contribution < -0.4 is 10.1 Å². The SMILES string of the molecule is COC(=O)C1=C(C)NC2=C(C(=O)C[C@@H](c3ccc(Cl)cc3)C2)[C@@H]1c1ccccc1OCc1ccccc1. The van der Waals surface area contributed by atoms with Gasteiger partial charge in [0.1, 0.15) is 12.4 Å². The number of ether oxygens (including phenoxy) is 2. The number of hydrogen-bond acceptors (Lipinski definition) is 5. The van der Waals surface area contributed by atoms with Crippen LogP contribution in [-0.2, 0) is 20.9 Å². The highest BCUT2D eigenvalue weighted by atomic mass is 35.5. The molecule has 0 amide bonds. The van der Waals surface area contributed by atoms with Crippen LogP contribution in [0.3, 0.4) is 0 Å². The van der Waals surface area contributed by atoms with Crippen LogP contribution in [0.25, 0.3) is 0 Å². The minimum Gasteiger partial charge on any atom is -0.489 e. The smallest absolute Gasteiger partial charge is 0.336 e. The van der Waals surface area contributed by atoms with Gasteiger partial charge in [0.05, 0.1) is 18.6 Å². The first-order valence-electron chi connectivity index (χ1n) is 12.3. The van der Waals surface area contributed by atoms with Crippen LogP contribution in [-0.4, -0.2) is 18.9 Å². The average molecular weight is 514 g/mol. The number of benzene rings is 3. The summed E-state index contributed by atoms with van der Waals surface area (Å²) in [6.45, 7) is 2.23. The quantitative estimate of drug-likeness (QED) is 0.383. The summed E-state index contributed by atoms with van der Waals surface area (Å²) in [6.07, 6.45) is 0.997. The summed E-state index contributed by atoms with van der Waals surface area (Å²) in [5, 5.41) is 4.04. The third kappa shape index (κ3) is 5.05. The normalized spacial score (nSPS) is 19.3. The van der Waals surface area contributed by atoms with Crippen LogP contribution in [0.2, 0.25) is 5.02 Å². The molecule has 0 bridgehead atoms. The number of carbonyl (C=O) groups is 2. The number of dihydropyridines is 1.